The highest BCUT2D eigenvalue weighted by Crippen LogP contribution is 2.37. The van der Waals surface area contributed by atoms with Crippen molar-refractivity contribution in [2.45, 2.75) is 31.7 Å². The summed E-state index contributed by atoms with van der Waals surface area (Å²) in [5.74, 6) is 0.0988. The SMILES string of the molecule is CN1CC[C@H](C(=O)N2CCC[C@H]2c2cccc3ccccc23)CC1=O. The van der Waals surface area contributed by atoms with E-state index in [1.165, 1.54) is 16.3 Å². The second-order valence-electron chi connectivity index (χ2n) is 7.26. The molecule has 0 radical (unpaired) electrons. The fourth-order valence-corrected chi connectivity index (χ4v) is 4.28. The second-order valence-corrected chi connectivity index (χ2v) is 7.26. The van der Waals surface area contributed by atoms with E-state index >= 15 is 0 Å². The fourth-order valence-electron chi connectivity index (χ4n) is 4.28. The zero-order valence-corrected chi connectivity index (χ0v) is 14.6. The van der Waals surface area contributed by atoms with Crippen LogP contribution in [0.5, 0.6) is 0 Å². The van der Waals surface area contributed by atoms with E-state index in [9.17, 15) is 9.59 Å². The van der Waals surface area contributed by atoms with Crippen molar-refractivity contribution in [3.63, 3.8) is 0 Å². The van der Waals surface area contributed by atoms with E-state index in [1.54, 1.807) is 4.90 Å². The number of fused-ring (bicyclic) bond motifs is 1. The third-order valence-electron chi connectivity index (χ3n) is 5.73. The minimum Gasteiger partial charge on any atom is -0.346 e. The lowest BCUT2D eigenvalue weighted by Gasteiger charge is -2.33. The van der Waals surface area contributed by atoms with E-state index in [2.05, 4.69) is 36.4 Å². The number of hydrogen-bond acceptors (Lipinski definition) is 2. The maximum absolute atomic E-state index is 13.1. The van der Waals surface area contributed by atoms with Crippen LogP contribution in [0.25, 0.3) is 10.8 Å². The number of carbonyl (C=O) groups is 2. The average molecular weight is 336 g/mol. The molecular weight excluding hydrogens is 312 g/mol. The van der Waals surface area contributed by atoms with Crippen LogP contribution in [0.1, 0.15) is 37.3 Å². The number of rotatable bonds is 2. The van der Waals surface area contributed by atoms with Crippen molar-refractivity contribution in [2.24, 2.45) is 5.92 Å². The van der Waals surface area contributed by atoms with E-state index in [0.29, 0.717) is 13.0 Å². The van der Waals surface area contributed by atoms with Crippen LogP contribution in [0, 0.1) is 5.92 Å². The lowest BCUT2D eigenvalue weighted by molar-refractivity contribution is -0.145. The standard InChI is InChI=1S/C21H24N2O2/c1-22-13-11-16(14-20(22)24)21(25)23-12-5-10-19(23)18-9-4-7-15-6-2-3-8-17(15)18/h2-4,6-9,16,19H,5,10-14H2,1H3/t16-,19-/m0/s1. The van der Waals surface area contributed by atoms with Gasteiger partial charge in [-0.05, 0) is 35.6 Å². The molecule has 0 bridgehead atoms. The van der Waals surface area contributed by atoms with Crippen LogP contribution in [-0.2, 0) is 9.59 Å². The Hall–Kier alpha value is -2.36. The normalized spacial score (nSPS) is 24.1. The summed E-state index contributed by atoms with van der Waals surface area (Å²) in [6.07, 6.45) is 3.16. The van der Waals surface area contributed by atoms with Crippen molar-refractivity contribution in [3.05, 3.63) is 48.0 Å². The molecule has 0 unspecified atom stereocenters. The van der Waals surface area contributed by atoms with Gasteiger partial charge in [0.25, 0.3) is 0 Å². The molecular formula is C21H24N2O2. The minimum atomic E-state index is -0.153. The lowest BCUT2D eigenvalue weighted by Crippen LogP contribution is -2.43. The molecule has 4 heteroatoms. The van der Waals surface area contributed by atoms with Gasteiger partial charge in [-0.3, -0.25) is 9.59 Å². The molecule has 2 atom stereocenters. The van der Waals surface area contributed by atoms with Gasteiger partial charge in [0.05, 0.1) is 6.04 Å². The average Bonchev–Trinajstić information content (AvgIpc) is 3.12. The molecule has 2 amide bonds. The Balaban J connectivity index is 1.62. The first kappa shape index (κ1) is 16.1. The van der Waals surface area contributed by atoms with Gasteiger partial charge in [-0.25, -0.2) is 0 Å². The van der Waals surface area contributed by atoms with Crippen LogP contribution in [0.2, 0.25) is 0 Å². The largest absolute Gasteiger partial charge is 0.346 e. The third-order valence-corrected chi connectivity index (χ3v) is 5.73. The number of benzene rings is 2. The Morgan fingerprint density at radius 2 is 1.84 bits per heavy atom. The van der Waals surface area contributed by atoms with Crippen molar-refractivity contribution in [1.29, 1.82) is 0 Å². The molecule has 2 saturated heterocycles. The van der Waals surface area contributed by atoms with Crippen LogP contribution in [0.4, 0.5) is 0 Å². The minimum absolute atomic E-state index is 0.0884. The molecule has 2 aliphatic heterocycles. The van der Waals surface area contributed by atoms with Crippen molar-refractivity contribution in [1.82, 2.24) is 9.80 Å². The molecule has 0 aromatic heterocycles. The van der Waals surface area contributed by atoms with Crippen molar-refractivity contribution < 1.29 is 9.59 Å². The van der Waals surface area contributed by atoms with Crippen LogP contribution >= 0.6 is 0 Å². The number of likely N-dealkylation sites (tertiary alicyclic amines) is 2. The topological polar surface area (TPSA) is 40.6 Å². The first-order valence-corrected chi connectivity index (χ1v) is 9.17. The van der Waals surface area contributed by atoms with Gasteiger partial charge in [0.15, 0.2) is 0 Å². The Bertz CT molecular complexity index is 811. The van der Waals surface area contributed by atoms with E-state index < -0.39 is 0 Å². The lowest BCUT2D eigenvalue weighted by atomic mass is 9.93. The summed E-state index contributed by atoms with van der Waals surface area (Å²) in [6.45, 7) is 1.48. The Morgan fingerprint density at radius 3 is 2.68 bits per heavy atom. The molecule has 0 aliphatic carbocycles. The summed E-state index contributed by atoms with van der Waals surface area (Å²) in [5.41, 5.74) is 1.24. The molecule has 2 heterocycles. The highest BCUT2D eigenvalue weighted by Gasteiger charge is 2.37. The zero-order chi connectivity index (χ0) is 17.4. The van der Waals surface area contributed by atoms with E-state index in [1.807, 2.05) is 18.0 Å². The van der Waals surface area contributed by atoms with E-state index in [4.69, 9.17) is 0 Å². The first-order valence-electron chi connectivity index (χ1n) is 9.17. The van der Waals surface area contributed by atoms with Crippen LogP contribution in [0.15, 0.2) is 42.5 Å². The van der Waals surface area contributed by atoms with Gasteiger partial charge >= 0.3 is 0 Å². The van der Waals surface area contributed by atoms with Gasteiger partial charge in [-0.2, -0.15) is 0 Å². The zero-order valence-electron chi connectivity index (χ0n) is 14.6. The summed E-state index contributed by atoms with van der Waals surface area (Å²) in [5, 5.41) is 2.45. The predicted octanol–water partition coefficient (Wildman–Crippen LogP) is 3.37. The quantitative estimate of drug-likeness (QED) is 0.844. The Labute approximate surface area is 148 Å². The monoisotopic (exact) mass is 336 g/mol. The number of hydrogen-bond donors (Lipinski definition) is 0. The Kier molecular flexibility index (Phi) is 4.20. The van der Waals surface area contributed by atoms with Crippen LogP contribution in [0.3, 0.4) is 0 Å². The summed E-state index contributed by atoms with van der Waals surface area (Å²) in [6, 6.07) is 14.9. The first-order chi connectivity index (χ1) is 12.1. The molecule has 2 fully saturated rings. The molecule has 130 valence electrons. The summed E-state index contributed by atoms with van der Waals surface area (Å²) in [7, 11) is 1.82. The molecule has 0 N–H and O–H groups in total. The van der Waals surface area contributed by atoms with Gasteiger partial charge in [0, 0.05) is 32.5 Å². The highest BCUT2D eigenvalue weighted by molar-refractivity contribution is 5.89. The molecule has 2 aromatic carbocycles. The second kappa shape index (κ2) is 6.51. The van der Waals surface area contributed by atoms with Gasteiger partial charge in [0.1, 0.15) is 0 Å². The fraction of sp³-hybridized carbons (Fsp3) is 0.429. The van der Waals surface area contributed by atoms with Crippen LogP contribution in [-0.4, -0.2) is 41.8 Å². The van der Waals surface area contributed by atoms with Gasteiger partial charge in [0.2, 0.25) is 11.8 Å². The molecule has 25 heavy (non-hydrogen) atoms. The van der Waals surface area contributed by atoms with E-state index in [0.717, 1.165) is 25.8 Å². The summed E-state index contributed by atoms with van der Waals surface area (Å²) < 4.78 is 0. The third kappa shape index (κ3) is 2.90. The summed E-state index contributed by atoms with van der Waals surface area (Å²) in [4.78, 5) is 28.9. The maximum atomic E-state index is 13.1. The number of piperidine rings is 1. The molecule has 0 spiro atoms. The van der Waals surface area contributed by atoms with E-state index in [-0.39, 0.29) is 23.8 Å². The van der Waals surface area contributed by atoms with Gasteiger partial charge in [-0.1, -0.05) is 42.5 Å². The maximum Gasteiger partial charge on any atom is 0.226 e. The molecule has 4 nitrogen and oxygen atoms in total. The Morgan fingerprint density at radius 1 is 1.04 bits per heavy atom. The van der Waals surface area contributed by atoms with Crippen molar-refractivity contribution in [3.8, 4) is 0 Å². The molecule has 4 rings (SSSR count). The molecule has 2 aromatic rings. The summed E-state index contributed by atoms with van der Waals surface area (Å²) >= 11 is 0. The molecule has 2 aliphatic rings. The van der Waals surface area contributed by atoms with Gasteiger partial charge < -0.3 is 9.80 Å². The smallest absolute Gasteiger partial charge is 0.226 e. The predicted molar refractivity (Wildman–Crippen MR) is 98.0 cm³/mol. The number of carbonyl (C=O) groups excluding carboxylic acids is 2. The molecule has 0 saturated carbocycles. The van der Waals surface area contributed by atoms with Crippen molar-refractivity contribution >= 4 is 22.6 Å². The van der Waals surface area contributed by atoms with Gasteiger partial charge in [-0.15, -0.1) is 0 Å². The number of amides is 2. The van der Waals surface area contributed by atoms with Crippen LogP contribution < -0.4 is 0 Å². The number of nitrogens with zero attached hydrogens (tertiary/aromatic N) is 2. The van der Waals surface area contributed by atoms with Crippen molar-refractivity contribution in [2.75, 3.05) is 20.1 Å². The highest BCUT2D eigenvalue weighted by atomic mass is 16.2.